The highest BCUT2D eigenvalue weighted by molar-refractivity contribution is 6.05. The molecular weight excluding hydrogens is 272 g/mol. The number of fused-ring (bicyclic) bond motifs is 1. The molecule has 0 bridgehead atoms. The zero-order valence-electron chi connectivity index (χ0n) is 11.4. The number of benzene rings is 1. The minimum atomic E-state index is -0.403. The third kappa shape index (κ3) is 2.47. The fourth-order valence-corrected chi connectivity index (χ4v) is 2.57. The second kappa shape index (κ2) is 5.53. The number of nitrogens with one attached hydrogen (secondary N) is 2. The van der Waals surface area contributed by atoms with E-state index in [0.717, 1.165) is 10.9 Å². The number of anilines is 1. The van der Waals surface area contributed by atoms with Crippen molar-refractivity contribution in [2.45, 2.75) is 6.42 Å². The summed E-state index contributed by atoms with van der Waals surface area (Å²) in [5.41, 5.74) is 0.855. The maximum atomic E-state index is 12.1. The maximum Gasteiger partial charge on any atom is 0.229 e. The summed E-state index contributed by atoms with van der Waals surface area (Å²) in [6.45, 7) is 0.403. The van der Waals surface area contributed by atoms with Crippen molar-refractivity contribution in [2.24, 2.45) is 5.92 Å². The Balaban J connectivity index is 1.80. The van der Waals surface area contributed by atoms with Crippen LogP contribution >= 0.6 is 0 Å². The summed E-state index contributed by atoms with van der Waals surface area (Å²) in [5.74, 6) is -0.163. The highest BCUT2D eigenvalue weighted by Gasteiger charge is 2.36. The highest BCUT2D eigenvalue weighted by atomic mass is 16.3. The first-order valence-corrected chi connectivity index (χ1v) is 6.82. The largest absolute Gasteiger partial charge is 0.395 e. The van der Waals surface area contributed by atoms with Crippen LogP contribution in [0.15, 0.2) is 24.3 Å². The van der Waals surface area contributed by atoms with E-state index in [4.69, 9.17) is 5.11 Å². The average Bonchev–Trinajstić information content (AvgIpc) is 3.08. The molecule has 1 aromatic carbocycles. The predicted octanol–water partition coefficient (Wildman–Crippen LogP) is 0.0243. The predicted molar refractivity (Wildman–Crippen MR) is 76.6 cm³/mol. The van der Waals surface area contributed by atoms with Crippen LogP contribution in [0, 0.1) is 5.92 Å². The van der Waals surface area contributed by atoms with Gasteiger partial charge in [-0.15, -0.1) is 0 Å². The minimum absolute atomic E-state index is 0.111. The zero-order chi connectivity index (χ0) is 14.8. The SMILES string of the molecule is O=C(NCCO)[C@H]1CC(=O)N(c2n[nH]c3ccccc23)C1. The molecule has 2 aromatic rings. The fraction of sp³-hybridized carbons (Fsp3) is 0.357. The van der Waals surface area contributed by atoms with Crippen LogP contribution in [0.25, 0.3) is 10.9 Å². The number of aromatic amines is 1. The number of hydrogen-bond acceptors (Lipinski definition) is 4. The van der Waals surface area contributed by atoms with Gasteiger partial charge in [0.1, 0.15) is 0 Å². The molecule has 0 unspecified atom stereocenters. The Labute approximate surface area is 120 Å². The lowest BCUT2D eigenvalue weighted by Gasteiger charge is -2.14. The molecule has 1 aliphatic rings. The van der Waals surface area contributed by atoms with Crippen molar-refractivity contribution in [3.63, 3.8) is 0 Å². The Bertz CT molecular complexity index is 682. The van der Waals surface area contributed by atoms with Gasteiger partial charge in [0.15, 0.2) is 5.82 Å². The first-order chi connectivity index (χ1) is 10.2. The number of aliphatic hydroxyl groups is 1. The monoisotopic (exact) mass is 288 g/mol. The van der Waals surface area contributed by atoms with Crippen LogP contribution in [0.5, 0.6) is 0 Å². The molecule has 0 radical (unpaired) electrons. The van der Waals surface area contributed by atoms with Gasteiger partial charge in [0, 0.05) is 24.9 Å². The van der Waals surface area contributed by atoms with Crippen LogP contribution in [0.4, 0.5) is 5.82 Å². The minimum Gasteiger partial charge on any atom is -0.395 e. The summed E-state index contributed by atoms with van der Waals surface area (Å²) >= 11 is 0. The second-order valence-electron chi connectivity index (χ2n) is 5.01. The number of hydrogen-bond donors (Lipinski definition) is 3. The van der Waals surface area contributed by atoms with Gasteiger partial charge in [0.25, 0.3) is 0 Å². The van der Waals surface area contributed by atoms with Gasteiger partial charge in [-0.05, 0) is 12.1 Å². The number of carbonyl (C=O) groups excluding carboxylic acids is 2. The molecule has 0 saturated carbocycles. The molecule has 1 saturated heterocycles. The molecule has 2 amide bonds. The van der Waals surface area contributed by atoms with Crippen LogP contribution in [0.3, 0.4) is 0 Å². The normalized spacial score (nSPS) is 18.4. The van der Waals surface area contributed by atoms with Crippen molar-refractivity contribution >= 4 is 28.5 Å². The highest BCUT2D eigenvalue weighted by Crippen LogP contribution is 2.29. The van der Waals surface area contributed by atoms with Gasteiger partial charge < -0.3 is 10.4 Å². The number of carbonyl (C=O) groups is 2. The standard InChI is InChI=1S/C14H16N4O3/c19-6-5-15-14(21)9-7-12(20)18(8-9)13-10-3-1-2-4-11(10)16-17-13/h1-4,9,19H,5-8H2,(H,15,21)(H,16,17)/t9-/m0/s1. The Morgan fingerprint density at radius 2 is 2.29 bits per heavy atom. The summed E-state index contributed by atoms with van der Waals surface area (Å²) in [6, 6.07) is 7.55. The van der Waals surface area contributed by atoms with E-state index in [2.05, 4.69) is 15.5 Å². The molecule has 3 rings (SSSR count). The fourth-order valence-electron chi connectivity index (χ4n) is 2.57. The van der Waals surface area contributed by atoms with Crippen molar-refractivity contribution in [1.29, 1.82) is 0 Å². The van der Waals surface area contributed by atoms with Crippen LogP contribution in [-0.2, 0) is 9.59 Å². The molecule has 0 spiro atoms. The average molecular weight is 288 g/mol. The van der Waals surface area contributed by atoms with Crippen LogP contribution < -0.4 is 10.2 Å². The molecule has 1 fully saturated rings. The Kier molecular flexibility index (Phi) is 3.57. The topological polar surface area (TPSA) is 98.3 Å². The lowest BCUT2D eigenvalue weighted by Crippen LogP contribution is -2.34. The maximum absolute atomic E-state index is 12.1. The van der Waals surface area contributed by atoms with Gasteiger partial charge in [-0.25, -0.2) is 0 Å². The molecule has 0 aliphatic carbocycles. The molecule has 7 heteroatoms. The molecule has 21 heavy (non-hydrogen) atoms. The van der Waals surface area contributed by atoms with Crippen molar-refractivity contribution in [1.82, 2.24) is 15.5 Å². The van der Waals surface area contributed by atoms with E-state index < -0.39 is 5.92 Å². The Morgan fingerprint density at radius 1 is 1.48 bits per heavy atom. The van der Waals surface area contributed by atoms with Gasteiger partial charge in [-0.1, -0.05) is 12.1 Å². The number of H-pyrrole nitrogens is 1. The molecule has 2 heterocycles. The first kappa shape index (κ1) is 13.6. The van der Waals surface area contributed by atoms with Crippen LogP contribution in [-0.4, -0.2) is 46.8 Å². The third-order valence-electron chi connectivity index (χ3n) is 3.61. The molecule has 7 nitrogen and oxygen atoms in total. The molecule has 1 atom stereocenters. The summed E-state index contributed by atoms with van der Waals surface area (Å²) in [6.07, 6.45) is 0.165. The third-order valence-corrected chi connectivity index (χ3v) is 3.61. The summed E-state index contributed by atoms with van der Waals surface area (Å²) in [5, 5.41) is 19.3. The number of aliphatic hydroxyl groups excluding tert-OH is 1. The molecular formula is C14H16N4O3. The lowest BCUT2D eigenvalue weighted by atomic mass is 10.1. The van der Waals surface area contributed by atoms with Crippen molar-refractivity contribution in [3.05, 3.63) is 24.3 Å². The molecule has 3 N–H and O–H groups in total. The van der Waals surface area contributed by atoms with Gasteiger partial charge >= 0.3 is 0 Å². The molecule has 1 aromatic heterocycles. The van der Waals surface area contributed by atoms with Crippen LogP contribution in [0.2, 0.25) is 0 Å². The van der Waals surface area contributed by atoms with Crippen molar-refractivity contribution in [2.75, 3.05) is 24.6 Å². The Hall–Kier alpha value is -2.41. The van der Waals surface area contributed by atoms with E-state index in [1.807, 2.05) is 24.3 Å². The quantitative estimate of drug-likeness (QED) is 0.739. The number of amides is 2. The van der Waals surface area contributed by atoms with E-state index in [1.54, 1.807) is 4.90 Å². The van der Waals surface area contributed by atoms with E-state index in [-0.39, 0.29) is 31.4 Å². The van der Waals surface area contributed by atoms with E-state index in [9.17, 15) is 9.59 Å². The van der Waals surface area contributed by atoms with E-state index in [0.29, 0.717) is 12.4 Å². The lowest BCUT2D eigenvalue weighted by molar-refractivity contribution is -0.126. The van der Waals surface area contributed by atoms with Gasteiger partial charge in [-0.2, -0.15) is 5.10 Å². The number of rotatable bonds is 4. The summed E-state index contributed by atoms with van der Waals surface area (Å²) < 4.78 is 0. The second-order valence-corrected chi connectivity index (χ2v) is 5.01. The number of aromatic nitrogens is 2. The van der Waals surface area contributed by atoms with Gasteiger partial charge in [0.05, 0.1) is 18.0 Å². The van der Waals surface area contributed by atoms with E-state index in [1.165, 1.54) is 0 Å². The number of para-hydroxylation sites is 1. The van der Waals surface area contributed by atoms with Gasteiger partial charge in [0.2, 0.25) is 11.8 Å². The van der Waals surface area contributed by atoms with Gasteiger partial charge in [-0.3, -0.25) is 19.6 Å². The number of nitrogens with zero attached hydrogens (tertiary/aromatic N) is 2. The first-order valence-electron chi connectivity index (χ1n) is 6.82. The summed E-state index contributed by atoms with van der Waals surface area (Å²) in [7, 11) is 0. The zero-order valence-corrected chi connectivity index (χ0v) is 11.4. The van der Waals surface area contributed by atoms with Crippen molar-refractivity contribution in [3.8, 4) is 0 Å². The van der Waals surface area contributed by atoms with Crippen molar-refractivity contribution < 1.29 is 14.7 Å². The summed E-state index contributed by atoms with van der Waals surface area (Å²) in [4.78, 5) is 25.6. The Morgan fingerprint density at radius 3 is 3.10 bits per heavy atom. The molecule has 110 valence electrons. The van der Waals surface area contributed by atoms with E-state index >= 15 is 0 Å². The smallest absolute Gasteiger partial charge is 0.229 e. The van der Waals surface area contributed by atoms with Crippen LogP contribution in [0.1, 0.15) is 6.42 Å². The molecule has 1 aliphatic heterocycles.